The van der Waals surface area contributed by atoms with Crippen LogP contribution in [0.15, 0.2) is 17.2 Å². The summed E-state index contributed by atoms with van der Waals surface area (Å²) in [5, 5.41) is 9.30. The summed E-state index contributed by atoms with van der Waals surface area (Å²) in [7, 11) is 0. The van der Waals surface area contributed by atoms with Gasteiger partial charge in [-0.3, -0.25) is 4.79 Å². The fourth-order valence-electron chi connectivity index (χ4n) is 2.91. The van der Waals surface area contributed by atoms with Gasteiger partial charge in [0, 0.05) is 30.5 Å². The summed E-state index contributed by atoms with van der Waals surface area (Å²) >= 11 is 0. The molecule has 1 aromatic heterocycles. The second kappa shape index (κ2) is 5.95. The van der Waals surface area contributed by atoms with Gasteiger partial charge in [0.05, 0.1) is 6.61 Å². The van der Waals surface area contributed by atoms with E-state index in [1.807, 2.05) is 25.7 Å². The predicted molar refractivity (Wildman–Crippen MR) is 80.2 cm³/mol. The number of hydrogen-bond acceptors (Lipinski definition) is 4. The maximum absolute atomic E-state index is 12.7. The van der Waals surface area contributed by atoms with Gasteiger partial charge in [-0.25, -0.2) is 4.98 Å². The topological polar surface area (TPSA) is 58.4 Å². The molecule has 0 bridgehead atoms. The van der Waals surface area contributed by atoms with E-state index >= 15 is 0 Å². The van der Waals surface area contributed by atoms with E-state index in [2.05, 4.69) is 4.98 Å². The Kier molecular flexibility index (Phi) is 4.48. The fourth-order valence-corrected chi connectivity index (χ4v) is 2.91. The Morgan fingerprint density at radius 3 is 2.60 bits per heavy atom. The Morgan fingerprint density at radius 2 is 2.05 bits per heavy atom. The van der Waals surface area contributed by atoms with Crippen LogP contribution in [0.5, 0.6) is 0 Å². The molecule has 0 spiro atoms. The van der Waals surface area contributed by atoms with Crippen molar-refractivity contribution in [3.05, 3.63) is 22.7 Å². The van der Waals surface area contributed by atoms with E-state index in [4.69, 9.17) is 0 Å². The number of aliphatic hydroxyl groups excluding tert-OH is 1. The first-order valence-electron chi connectivity index (χ1n) is 7.41. The lowest BCUT2D eigenvalue weighted by Gasteiger charge is -2.30. The quantitative estimate of drug-likeness (QED) is 0.912. The van der Waals surface area contributed by atoms with Crippen LogP contribution in [0.2, 0.25) is 0 Å². The Hall–Kier alpha value is -1.36. The standard InChI is InChI=1S/C15H25N3O2/c1-15(2,3)18-9-8-16-13(14(18)20)17(10-11-19)12-6-4-5-7-12/h8-9,12,19H,4-7,10-11H2,1-3H3. The van der Waals surface area contributed by atoms with Gasteiger partial charge in [0.1, 0.15) is 0 Å². The maximum atomic E-state index is 12.7. The largest absolute Gasteiger partial charge is 0.395 e. The first kappa shape index (κ1) is 15.0. The number of aliphatic hydroxyl groups is 1. The summed E-state index contributed by atoms with van der Waals surface area (Å²) in [6, 6.07) is 0.332. The molecule has 2 rings (SSSR count). The predicted octanol–water partition coefficient (Wildman–Crippen LogP) is 1.74. The zero-order valence-corrected chi connectivity index (χ0v) is 12.7. The number of nitrogens with zero attached hydrogens (tertiary/aromatic N) is 3. The summed E-state index contributed by atoms with van der Waals surface area (Å²) in [6.45, 7) is 6.53. The van der Waals surface area contributed by atoms with E-state index in [0.717, 1.165) is 12.8 Å². The Bertz CT molecular complexity index is 499. The van der Waals surface area contributed by atoms with Crippen LogP contribution in [0.3, 0.4) is 0 Å². The minimum Gasteiger partial charge on any atom is -0.395 e. The lowest BCUT2D eigenvalue weighted by molar-refractivity contribution is 0.296. The van der Waals surface area contributed by atoms with Gasteiger partial charge in [0.2, 0.25) is 0 Å². The van der Waals surface area contributed by atoms with Crippen molar-refractivity contribution >= 4 is 5.82 Å². The van der Waals surface area contributed by atoms with Crippen molar-refractivity contribution in [2.45, 2.75) is 58.0 Å². The smallest absolute Gasteiger partial charge is 0.293 e. The third-order valence-electron chi connectivity index (χ3n) is 3.92. The first-order valence-corrected chi connectivity index (χ1v) is 7.41. The molecule has 5 heteroatoms. The second-order valence-corrected chi connectivity index (χ2v) is 6.45. The Labute approximate surface area is 120 Å². The van der Waals surface area contributed by atoms with Crippen molar-refractivity contribution < 1.29 is 5.11 Å². The summed E-state index contributed by atoms with van der Waals surface area (Å²) in [5.74, 6) is 0.475. The highest BCUT2D eigenvalue weighted by molar-refractivity contribution is 5.38. The highest BCUT2D eigenvalue weighted by atomic mass is 16.3. The van der Waals surface area contributed by atoms with E-state index in [1.54, 1.807) is 17.0 Å². The molecule has 112 valence electrons. The zero-order valence-electron chi connectivity index (χ0n) is 12.7. The molecule has 0 aliphatic heterocycles. The van der Waals surface area contributed by atoms with Crippen LogP contribution < -0.4 is 10.5 Å². The maximum Gasteiger partial charge on any atom is 0.293 e. The molecule has 20 heavy (non-hydrogen) atoms. The molecule has 1 saturated carbocycles. The van der Waals surface area contributed by atoms with Crippen molar-refractivity contribution in [3.8, 4) is 0 Å². The molecule has 0 unspecified atom stereocenters. The molecule has 0 amide bonds. The molecule has 0 saturated heterocycles. The zero-order chi connectivity index (χ0) is 14.8. The van der Waals surface area contributed by atoms with Gasteiger partial charge in [-0.15, -0.1) is 0 Å². The van der Waals surface area contributed by atoms with Gasteiger partial charge in [-0.05, 0) is 33.6 Å². The third-order valence-corrected chi connectivity index (χ3v) is 3.92. The Balaban J connectivity index is 2.41. The van der Waals surface area contributed by atoms with Crippen molar-refractivity contribution in [2.75, 3.05) is 18.1 Å². The lowest BCUT2D eigenvalue weighted by atomic mass is 10.1. The molecule has 0 radical (unpaired) electrons. The van der Waals surface area contributed by atoms with Crippen LogP contribution in [0.25, 0.3) is 0 Å². The van der Waals surface area contributed by atoms with Crippen LogP contribution in [-0.2, 0) is 5.54 Å². The number of hydrogen-bond donors (Lipinski definition) is 1. The number of rotatable bonds is 4. The molecule has 1 heterocycles. The van der Waals surface area contributed by atoms with Gasteiger partial charge < -0.3 is 14.6 Å². The van der Waals surface area contributed by atoms with Crippen LogP contribution in [0.4, 0.5) is 5.82 Å². The summed E-state index contributed by atoms with van der Waals surface area (Å²) in [6.07, 6.45) is 7.94. The van der Waals surface area contributed by atoms with Gasteiger partial charge in [0.25, 0.3) is 5.56 Å². The second-order valence-electron chi connectivity index (χ2n) is 6.45. The fraction of sp³-hybridized carbons (Fsp3) is 0.733. The summed E-state index contributed by atoms with van der Waals surface area (Å²) in [5.41, 5.74) is -0.338. The van der Waals surface area contributed by atoms with Gasteiger partial charge in [-0.1, -0.05) is 12.8 Å². The van der Waals surface area contributed by atoms with Crippen molar-refractivity contribution in [3.63, 3.8) is 0 Å². The van der Waals surface area contributed by atoms with Crippen molar-refractivity contribution in [1.82, 2.24) is 9.55 Å². The van der Waals surface area contributed by atoms with E-state index < -0.39 is 0 Å². The molecule has 1 aromatic rings. The van der Waals surface area contributed by atoms with Crippen LogP contribution in [0.1, 0.15) is 46.5 Å². The van der Waals surface area contributed by atoms with E-state index in [0.29, 0.717) is 18.4 Å². The van der Waals surface area contributed by atoms with Crippen molar-refractivity contribution in [2.24, 2.45) is 0 Å². The minimum absolute atomic E-state index is 0.0437. The third kappa shape index (κ3) is 3.03. The SMILES string of the molecule is CC(C)(C)n1ccnc(N(CCO)C2CCCC2)c1=O. The van der Waals surface area contributed by atoms with Gasteiger partial charge in [-0.2, -0.15) is 0 Å². The van der Waals surface area contributed by atoms with E-state index in [-0.39, 0.29) is 17.7 Å². The molecular formula is C15H25N3O2. The average Bonchev–Trinajstić information content (AvgIpc) is 2.89. The van der Waals surface area contributed by atoms with Gasteiger partial charge >= 0.3 is 0 Å². The Morgan fingerprint density at radius 1 is 1.40 bits per heavy atom. The average molecular weight is 279 g/mol. The van der Waals surface area contributed by atoms with E-state index in [1.165, 1.54) is 12.8 Å². The molecule has 0 atom stereocenters. The molecular weight excluding hydrogens is 254 g/mol. The highest BCUT2D eigenvalue weighted by Crippen LogP contribution is 2.25. The molecule has 0 aromatic carbocycles. The summed E-state index contributed by atoms with van der Waals surface area (Å²) < 4.78 is 1.72. The summed E-state index contributed by atoms with van der Waals surface area (Å²) in [4.78, 5) is 19.0. The molecule has 5 nitrogen and oxygen atoms in total. The van der Waals surface area contributed by atoms with Crippen LogP contribution in [0, 0.1) is 0 Å². The van der Waals surface area contributed by atoms with Crippen LogP contribution in [-0.4, -0.2) is 33.9 Å². The number of anilines is 1. The van der Waals surface area contributed by atoms with Gasteiger partial charge in [0.15, 0.2) is 5.82 Å². The highest BCUT2D eigenvalue weighted by Gasteiger charge is 2.27. The molecule has 1 fully saturated rings. The number of aromatic nitrogens is 2. The minimum atomic E-state index is -0.269. The van der Waals surface area contributed by atoms with E-state index in [9.17, 15) is 9.90 Å². The lowest BCUT2D eigenvalue weighted by Crippen LogP contribution is -2.43. The van der Waals surface area contributed by atoms with Crippen molar-refractivity contribution in [1.29, 1.82) is 0 Å². The molecule has 1 aliphatic carbocycles. The van der Waals surface area contributed by atoms with Crippen LogP contribution >= 0.6 is 0 Å². The molecule has 1 N–H and O–H groups in total. The normalized spacial score (nSPS) is 16.6. The molecule has 1 aliphatic rings. The monoisotopic (exact) mass is 279 g/mol. The first-order chi connectivity index (χ1) is 9.45.